The van der Waals surface area contributed by atoms with Crippen molar-refractivity contribution >= 4 is 36.9 Å². The molecule has 0 aliphatic heterocycles. The van der Waals surface area contributed by atoms with E-state index in [0.29, 0.717) is 0 Å². The van der Waals surface area contributed by atoms with Crippen molar-refractivity contribution in [3.63, 3.8) is 0 Å². The largest absolute Gasteiger partial charge is 0.394 e. The standard InChI is InChI=1S/B2H4O4S.Fe.H2O4S/c1-5-7(3,4)6-2;;1-5(2,3)4/h1-2H2;;(H2,1,2,3,4). The van der Waals surface area contributed by atoms with Gasteiger partial charge in [-0.05, 0) is 0 Å². The van der Waals surface area contributed by atoms with Crippen molar-refractivity contribution in [1.29, 1.82) is 0 Å². The molecule has 13 heteroatoms. The maximum absolute atomic E-state index is 9.92. The molecule has 0 radical (unpaired) electrons. The van der Waals surface area contributed by atoms with Crippen LogP contribution in [-0.2, 0) is 46.1 Å². The smallest absolute Gasteiger partial charge is 0.323 e. The van der Waals surface area contributed by atoms with E-state index in [1.807, 2.05) is 0 Å². The van der Waals surface area contributed by atoms with Crippen molar-refractivity contribution in [3.8, 4) is 0 Å². The molecule has 0 heterocycles. The molecule has 0 bridgehead atoms. The van der Waals surface area contributed by atoms with Crippen LogP contribution in [0.5, 0.6) is 0 Å². The molecule has 0 atom stereocenters. The van der Waals surface area contributed by atoms with Crippen molar-refractivity contribution in [2.75, 3.05) is 0 Å². The number of hydrogen-bond acceptors (Lipinski definition) is 6. The van der Waals surface area contributed by atoms with Crippen LogP contribution in [0.3, 0.4) is 0 Å². The third-order valence-corrected chi connectivity index (χ3v) is 1.22. The van der Waals surface area contributed by atoms with Gasteiger partial charge in [0.05, 0.1) is 0 Å². The summed E-state index contributed by atoms with van der Waals surface area (Å²) < 4.78 is 59.1. The molecule has 0 saturated heterocycles. The second-order valence-electron chi connectivity index (χ2n) is 1.19. The SMILES string of the molecule is BOS(=O)(=O)OB.O=S(=O)(O)O.[Fe]. The van der Waals surface area contributed by atoms with Crippen LogP contribution in [-0.4, -0.2) is 42.0 Å². The summed E-state index contributed by atoms with van der Waals surface area (Å²) in [5, 5.41) is 0. The van der Waals surface area contributed by atoms with E-state index in [9.17, 15) is 8.42 Å². The predicted molar refractivity (Wildman–Crippen MR) is 42.4 cm³/mol. The first kappa shape index (κ1) is 19.0. The Kier molecular flexibility index (Phi) is 11.4. The van der Waals surface area contributed by atoms with Crippen molar-refractivity contribution in [2.24, 2.45) is 0 Å². The number of rotatable bonds is 2. The average Bonchev–Trinajstić information content (AvgIpc) is 1.85. The minimum absolute atomic E-state index is 0. The molecule has 0 amide bonds. The third-order valence-electron chi connectivity index (χ3n) is 0.408. The third kappa shape index (κ3) is 32.8. The molecule has 0 aromatic rings. The first-order valence-electron chi connectivity index (χ1n) is 2.18. The Morgan fingerprint density at radius 2 is 1.08 bits per heavy atom. The molecule has 13 heavy (non-hydrogen) atoms. The van der Waals surface area contributed by atoms with Crippen LogP contribution in [0.1, 0.15) is 0 Å². The zero-order chi connectivity index (χ0) is 10.4. The molecule has 0 fully saturated rings. The van der Waals surface area contributed by atoms with Crippen molar-refractivity contribution < 1.29 is 51.2 Å². The van der Waals surface area contributed by atoms with Crippen LogP contribution < -0.4 is 0 Å². The Morgan fingerprint density at radius 3 is 1.08 bits per heavy atom. The Balaban J connectivity index is -0.000000150. The summed E-state index contributed by atoms with van der Waals surface area (Å²) in [7, 11) is -6.27. The first-order valence-corrected chi connectivity index (χ1v) is 4.91. The van der Waals surface area contributed by atoms with E-state index in [2.05, 4.69) is 8.20 Å². The van der Waals surface area contributed by atoms with E-state index >= 15 is 0 Å². The van der Waals surface area contributed by atoms with Crippen molar-refractivity contribution in [3.05, 3.63) is 0 Å². The molecule has 0 aliphatic rings. The van der Waals surface area contributed by atoms with E-state index in [1.54, 1.807) is 0 Å². The van der Waals surface area contributed by atoms with Crippen LogP contribution in [0.15, 0.2) is 0 Å². The molecule has 0 aliphatic carbocycles. The molecular formula is H6B2FeO8S2. The summed E-state index contributed by atoms with van der Waals surface area (Å²) in [6.07, 6.45) is 0. The quantitative estimate of drug-likeness (QED) is 0.396. The molecule has 0 aromatic heterocycles. The average molecular weight is 276 g/mol. The van der Waals surface area contributed by atoms with E-state index < -0.39 is 20.8 Å². The molecule has 80 valence electrons. The molecular weight excluding hydrogens is 270 g/mol. The van der Waals surface area contributed by atoms with Crippen LogP contribution in [0, 0.1) is 0 Å². The van der Waals surface area contributed by atoms with E-state index in [-0.39, 0.29) is 17.1 Å². The molecule has 0 rings (SSSR count). The molecule has 8 nitrogen and oxygen atoms in total. The van der Waals surface area contributed by atoms with Crippen molar-refractivity contribution in [2.45, 2.75) is 0 Å². The first-order chi connectivity index (χ1) is 5.12. The van der Waals surface area contributed by atoms with Gasteiger partial charge in [-0.3, -0.25) is 9.11 Å². The van der Waals surface area contributed by atoms with Crippen molar-refractivity contribution in [1.82, 2.24) is 0 Å². The molecule has 0 spiro atoms. The van der Waals surface area contributed by atoms with Gasteiger partial charge in [0.25, 0.3) is 16.1 Å². The van der Waals surface area contributed by atoms with Gasteiger partial charge in [0.2, 0.25) is 0 Å². The van der Waals surface area contributed by atoms with Gasteiger partial charge in [0, 0.05) is 17.1 Å². The minimum atomic E-state index is -4.67. The summed E-state index contributed by atoms with van der Waals surface area (Å²) in [5.41, 5.74) is 0. The molecule has 0 unspecified atom stereocenters. The fourth-order valence-corrected chi connectivity index (χ4v) is 0.204. The van der Waals surface area contributed by atoms with Gasteiger partial charge in [-0.2, -0.15) is 16.8 Å². The Morgan fingerprint density at radius 1 is 0.923 bits per heavy atom. The Bertz CT molecular complexity index is 270. The maximum atomic E-state index is 9.92. The normalized spacial score (nSPS) is 10.6. The fraction of sp³-hybridized carbons (Fsp3) is 0. The van der Waals surface area contributed by atoms with E-state index in [4.69, 9.17) is 17.5 Å². The van der Waals surface area contributed by atoms with E-state index in [0.717, 1.165) is 16.1 Å². The molecule has 0 saturated carbocycles. The second kappa shape index (κ2) is 7.76. The second-order valence-corrected chi connectivity index (χ2v) is 3.57. The summed E-state index contributed by atoms with van der Waals surface area (Å²) >= 11 is 0. The summed E-state index contributed by atoms with van der Waals surface area (Å²) in [4.78, 5) is 0. The Labute approximate surface area is 88.3 Å². The monoisotopic (exact) mass is 276 g/mol. The van der Waals surface area contributed by atoms with Crippen LogP contribution >= 0.6 is 0 Å². The minimum Gasteiger partial charge on any atom is -0.323 e. The van der Waals surface area contributed by atoms with Gasteiger partial charge in [-0.25, -0.2) is 0 Å². The van der Waals surface area contributed by atoms with Gasteiger partial charge >= 0.3 is 20.8 Å². The van der Waals surface area contributed by atoms with Gasteiger partial charge in [0.15, 0.2) is 0 Å². The van der Waals surface area contributed by atoms with Crippen LogP contribution in [0.25, 0.3) is 0 Å². The van der Waals surface area contributed by atoms with Gasteiger partial charge in [0.1, 0.15) is 0 Å². The number of hydrogen-bond donors (Lipinski definition) is 2. The molecule has 2 N–H and O–H groups in total. The van der Waals surface area contributed by atoms with Crippen LogP contribution in [0.2, 0.25) is 0 Å². The predicted octanol–water partition coefficient (Wildman–Crippen LogP) is -3.29. The molecule has 0 aromatic carbocycles. The fourth-order valence-electron chi connectivity index (χ4n) is 0.0680. The Hall–Kier alpha value is 0.389. The van der Waals surface area contributed by atoms with E-state index in [1.165, 1.54) is 0 Å². The maximum Gasteiger partial charge on any atom is 0.394 e. The zero-order valence-electron chi connectivity index (χ0n) is 6.51. The van der Waals surface area contributed by atoms with Gasteiger partial charge < -0.3 is 8.20 Å². The van der Waals surface area contributed by atoms with Gasteiger partial charge in [-0.15, -0.1) is 0 Å². The summed E-state index contributed by atoms with van der Waals surface area (Å²) in [5.74, 6) is 0. The summed E-state index contributed by atoms with van der Waals surface area (Å²) in [6, 6.07) is 0. The zero-order valence-corrected chi connectivity index (χ0v) is 9.25. The van der Waals surface area contributed by atoms with Gasteiger partial charge in [-0.1, -0.05) is 0 Å². The topological polar surface area (TPSA) is 127 Å². The van der Waals surface area contributed by atoms with Crippen LogP contribution in [0.4, 0.5) is 0 Å². The summed E-state index contributed by atoms with van der Waals surface area (Å²) in [6.45, 7) is 0.